The topological polar surface area (TPSA) is 58.2 Å². The van der Waals surface area contributed by atoms with Gasteiger partial charge in [0, 0.05) is 25.4 Å². The van der Waals surface area contributed by atoms with Crippen LogP contribution >= 0.6 is 0 Å². The van der Waals surface area contributed by atoms with Gasteiger partial charge in [0.15, 0.2) is 0 Å². The molecule has 0 heterocycles. The lowest BCUT2D eigenvalue weighted by Crippen LogP contribution is -2.30. The highest BCUT2D eigenvalue weighted by atomic mass is 16.2. The minimum absolute atomic E-state index is 0.0179. The van der Waals surface area contributed by atoms with E-state index in [1.165, 1.54) is 0 Å². The fraction of sp³-hybridized carbons (Fsp3) is 0.800. The quantitative estimate of drug-likeness (QED) is 0.667. The van der Waals surface area contributed by atoms with Crippen LogP contribution in [0.5, 0.6) is 0 Å². The van der Waals surface area contributed by atoms with Crippen molar-refractivity contribution in [2.75, 3.05) is 6.54 Å². The lowest BCUT2D eigenvalue weighted by atomic mass is 10.2. The van der Waals surface area contributed by atoms with Gasteiger partial charge in [0.05, 0.1) is 0 Å². The Morgan fingerprint density at radius 2 is 1.71 bits per heavy atom. The van der Waals surface area contributed by atoms with E-state index in [-0.39, 0.29) is 17.9 Å². The van der Waals surface area contributed by atoms with Crippen LogP contribution in [0.4, 0.5) is 0 Å². The summed E-state index contributed by atoms with van der Waals surface area (Å²) in [5.74, 6) is 0.0362. The van der Waals surface area contributed by atoms with Crippen molar-refractivity contribution in [3.63, 3.8) is 0 Å². The van der Waals surface area contributed by atoms with Gasteiger partial charge < -0.3 is 10.6 Å². The Morgan fingerprint density at radius 1 is 1.14 bits per heavy atom. The molecule has 82 valence electrons. The molecule has 2 amide bonds. The molecule has 0 saturated carbocycles. The zero-order chi connectivity index (χ0) is 11.0. The summed E-state index contributed by atoms with van der Waals surface area (Å²) < 4.78 is 0. The van der Waals surface area contributed by atoms with Crippen LogP contribution < -0.4 is 10.6 Å². The van der Waals surface area contributed by atoms with E-state index in [4.69, 9.17) is 0 Å². The second kappa shape index (κ2) is 7.35. The molecule has 4 nitrogen and oxygen atoms in total. The minimum Gasteiger partial charge on any atom is -0.356 e. The molecule has 0 aliphatic heterocycles. The highest BCUT2D eigenvalue weighted by Gasteiger charge is 2.04. The highest BCUT2D eigenvalue weighted by molar-refractivity contribution is 5.78. The van der Waals surface area contributed by atoms with Crippen LogP contribution in [0.15, 0.2) is 0 Å². The zero-order valence-electron chi connectivity index (χ0n) is 9.22. The van der Waals surface area contributed by atoms with Crippen LogP contribution in [-0.4, -0.2) is 24.4 Å². The Kier molecular flexibility index (Phi) is 6.80. The fourth-order valence-electron chi connectivity index (χ4n) is 1.09. The summed E-state index contributed by atoms with van der Waals surface area (Å²) in [4.78, 5) is 22.2. The van der Waals surface area contributed by atoms with E-state index < -0.39 is 0 Å². The molecule has 0 rings (SSSR count). The Balaban J connectivity index is 3.44. The first kappa shape index (κ1) is 12.9. The van der Waals surface area contributed by atoms with Gasteiger partial charge in [-0.15, -0.1) is 0 Å². The summed E-state index contributed by atoms with van der Waals surface area (Å²) in [6.07, 6.45) is 1.47. The van der Waals surface area contributed by atoms with Crippen molar-refractivity contribution in [1.82, 2.24) is 10.6 Å². The molecule has 2 N–H and O–H groups in total. The Hall–Kier alpha value is -1.06. The molecule has 4 heteroatoms. The standard InChI is InChI=1S/C10H20N2O2/c1-4-11-9(13)6-5-7-10(14)12-8(2)3/h8H,4-7H2,1-3H3,(H,11,13)(H,12,14). The molecule has 0 atom stereocenters. The SMILES string of the molecule is CCNC(=O)CCCC(=O)NC(C)C. The van der Waals surface area contributed by atoms with Crippen molar-refractivity contribution in [3.05, 3.63) is 0 Å². The number of amides is 2. The molecule has 0 aromatic carbocycles. The van der Waals surface area contributed by atoms with Crippen LogP contribution in [0.25, 0.3) is 0 Å². The number of nitrogens with one attached hydrogen (secondary N) is 2. The zero-order valence-corrected chi connectivity index (χ0v) is 9.22. The second-order valence-corrected chi connectivity index (χ2v) is 3.53. The van der Waals surface area contributed by atoms with Gasteiger partial charge in [0.1, 0.15) is 0 Å². The van der Waals surface area contributed by atoms with Gasteiger partial charge in [-0.05, 0) is 27.2 Å². The molecule has 0 saturated heterocycles. The van der Waals surface area contributed by atoms with Crippen molar-refractivity contribution in [1.29, 1.82) is 0 Å². The number of hydrogen-bond acceptors (Lipinski definition) is 2. The minimum atomic E-state index is 0.0179. The van der Waals surface area contributed by atoms with Gasteiger partial charge in [-0.3, -0.25) is 9.59 Å². The predicted octanol–water partition coefficient (Wildman–Crippen LogP) is 0.817. The van der Waals surface area contributed by atoms with Crippen molar-refractivity contribution >= 4 is 11.8 Å². The summed E-state index contributed by atoms with van der Waals surface area (Å²) >= 11 is 0. The van der Waals surface area contributed by atoms with Gasteiger partial charge in [-0.25, -0.2) is 0 Å². The van der Waals surface area contributed by atoms with Crippen LogP contribution in [0.1, 0.15) is 40.0 Å². The molecule has 0 radical (unpaired) electrons. The van der Waals surface area contributed by atoms with Crippen molar-refractivity contribution < 1.29 is 9.59 Å². The molecule has 0 fully saturated rings. The lowest BCUT2D eigenvalue weighted by Gasteiger charge is -2.07. The van der Waals surface area contributed by atoms with E-state index in [9.17, 15) is 9.59 Å². The summed E-state index contributed by atoms with van der Waals surface area (Å²) in [6.45, 7) is 6.36. The van der Waals surface area contributed by atoms with E-state index in [0.717, 1.165) is 0 Å². The van der Waals surface area contributed by atoms with E-state index in [1.54, 1.807) is 0 Å². The number of carbonyl (C=O) groups excluding carboxylic acids is 2. The Labute approximate surface area is 85.4 Å². The predicted molar refractivity (Wildman–Crippen MR) is 55.8 cm³/mol. The van der Waals surface area contributed by atoms with E-state index >= 15 is 0 Å². The first-order valence-electron chi connectivity index (χ1n) is 5.12. The monoisotopic (exact) mass is 200 g/mol. The Bertz CT molecular complexity index is 191. The van der Waals surface area contributed by atoms with Crippen LogP contribution in [0.2, 0.25) is 0 Å². The molecular weight excluding hydrogens is 180 g/mol. The Morgan fingerprint density at radius 3 is 2.21 bits per heavy atom. The third-order valence-corrected chi connectivity index (χ3v) is 1.63. The molecule has 14 heavy (non-hydrogen) atoms. The van der Waals surface area contributed by atoms with Crippen LogP contribution in [-0.2, 0) is 9.59 Å². The first-order chi connectivity index (χ1) is 6.56. The van der Waals surface area contributed by atoms with Crippen molar-refractivity contribution in [2.45, 2.75) is 46.1 Å². The molecule has 0 aromatic rings. The van der Waals surface area contributed by atoms with E-state index in [1.807, 2.05) is 20.8 Å². The summed E-state index contributed by atoms with van der Waals surface area (Å²) in [5, 5.41) is 5.47. The van der Waals surface area contributed by atoms with Gasteiger partial charge in [0.25, 0.3) is 0 Å². The molecule has 0 unspecified atom stereocenters. The van der Waals surface area contributed by atoms with Crippen molar-refractivity contribution in [3.8, 4) is 0 Å². The number of carbonyl (C=O) groups is 2. The summed E-state index contributed by atoms with van der Waals surface area (Å²) in [7, 11) is 0. The van der Waals surface area contributed by atoms with E-state index in [0.29, 0.717) is 25.8 Å². The molecular formula is C10H20N2O2. The smallest absolute Gasteiger partial charge is 0.220 e. The molecule has 0 spiro atoms. The van der Waals surface area contributed by atoms with Crippen LogP contribution in [0.3, 0.4) is 0 Å². The highest BCUT2D eigenvalue weighted by Crippen LogP contribution is 1.95. The fourth-order valence-corrected chi connectivity index (χ4v) is 1.09. The average molecular weight is 200 g/mol. The first-order valence-corrected chi connectivity index (χ1v) is 5.12. The molecule has 0 aliphatic rings. The molecule has 0 bridgehead atoms. The molecule has 0 aliphatic carbocycles. The van der Waals surface area contributed by atoms with Crippen LogP contribution in [0, 0.1) is 0 Å². The third-order valence-electron chi connectivity index (χ3n) is 1.63. The number of rotatable bonds is 6. The lowest BCUT2D eigenvalue weighted by molar-refractivity contribution is -0.122. The van der Waals surface area contributed by atoms with Gasteiger partial charge in [-0.1, -0.05) is 0 Å². The number of hydrogen-bond donors (Lipinski definition) is 2. The van der Waals surface area contributed by atoms with Gasteiger partial charge >= 0.3 is 0 Å². The van der Waals surface area contributed by atoms with Crippen molar-refractivity contribution in [2.24, 2.45) is 0 Å². The van der Waals surface area contributed by atoms with Gasteiger partial charge in [-0.2, -0.15) is 0 Å². The maximum absolute atomic E-state index is 11.2. The summed E-state index contributed by atoms with van der Waals surface area (Å²) in [5.41, 5.74) is 0. The maximum atomic E-state index is 11.2. The summed E-state index contributed by atoms with van der Waals surface area (Å²) in [6, 6.07) is 0.173. The normalized spacial score (nSPS) is 10.0. The third kappa shape index (κ3) is 7.58. The second-order valence-electron chi connectivity index (χ2n) is 3.53. The average Bonchev–Trinajstić information content (AvgIpc) is 2.02. The largest absolute Gasteiger partial charge is 0.356 e. The molecule has 0 aromatic heterocycles. The van der Waals surface area contributed by atoms with Gasteiger partial charge in [0.2, 0.25) is 11.8 Å². The van der Waals surface area contributed by atoms with E-state index in [2.05, 4.69) is 10.6 Å². The maximum Gasteiger partial charge on any atom is 0.220 e.